The van der Waals surface area contributed by atoms with E-state index in [4.69, 9.17) is 9.47 Å². The van der Waals surface area contributed by atoms with E-state index in [1.54, 1.807) is 25.1 Å². The van der Waals surface area contributed by atoms with Crippen LogP contribution >= 0.6 is 0 Å². The van der Waals surface area contributed by atoms with Crippen LogP contribution in [0.5, 0.6) is 11.5 Å². The van der Waals surface area contributed by atoms with Crippen molar-refractivity contribution in [3.05, 3.63) is 60.3 Å². The molecule has 1 heterocycles. The topological polar surface area (TPSA) is 65.4 Å². The lowest BCUT2D eigenvalue weighted by Crippen LogP contribution is -2.24. The number of rotatable bonds is 7. The number of carbonyl (C=O) groups excluding carboxylic acids is 1. The highest BCUT2D eigenvalue weighted by Crippen LogP contribution is 2.35. The van der Waals surface area contributed by atoms with Gasteiger partial charge >= 0.3 is 0 Å². The highest BCUT2D eigenvalue weighted by Gasteiger charge is 2.21. The van der Waals surface area contributed by atoms with Crippen LogP contribution in [-0.2, 0) is 0 Å². The van der Waals surface area contributed by atoms with Gasteiger partial charge in [0.2, 0.25) is 0 Å². The second-order valence-corrected chi connectivity index (χ2v) is 5.99. The van der Waals surface area contributed by atoms with Gasteiger partial charge in [0, 0.05) is 18.3 Å². The van der Waals surface area contributed by atoms with Crippen molar-refractivity contribution in [2.24, 2.45) is 0 Å². The summed E-state index contributed by atoms with van der Waals surface area (Å²) in [6.07, 6.45) is 2.60. The summed E-state index contributed by atoms with van der Waals surface area (Å²) in [5.41, 5.74) is 2.60. The molecule has 0 unspecified atom stereocenters. The average Bonchev–Trinajstić information content (AvgIpc) is 3.17. The van der Waals surface area contributed by atoms with E-state index in [1.807, 2.05) is 55.5 Å². The molecule has 0 atom stereocenters. The van der Waals surface area contributed by atoms with Crippen molar-refractivity contribution in [1.82, 2.24) is 15.1 Å². The average molecular weight is 365 g/mol. The lowest BCUT2D eigenvalue weighted by molar-refractivity contribution is 0.0954. The summed E-state index contributed by atoms with van der Waals surface area (Å²) in [4.78, 5) is 12.8. The molecular weight excluding hydrogens is 342 g/mol. The molecular formula is C21H23N3O3. The van der Waals surface area contributed by atoms with E-state index >= 15 is 0 Å². The number of aromatic nitrogens is 2. The van der Waals surface area contributed by atoms with Crippen LogP contribution in [0, 0.1) is 0 Å². The van der Waals surface area contributed by atoms with Crippen molar-refractivity contribution < 1.29 is 14.3 Å². The van der Waals surface area contributed by atoms with Crippen LogP contribution in [0.3, 0.4) is 0 Å². The first-order chi connectivity index (χ1) is 13.2. The van der Waals surface area contributed by atoms with E-state index in [1.165, 1.54) is 0 Å². The van der Waals surface area contributed by atoms with Crippen molar-refractivity contribution in [2.75, 3.05) is 20.8 Å². The Kier molecular flexibility index (Phi) is 5.76. The van der Waals surface area contributed by atoms with Crippen LogP contribution in [0.15, 0.2) is 54.7 Å². The maximum absolute atomic E-state index is 12.8. The molecule has 0 aliphatic heterocycles. The molecule has 140 valence electrons. The van der Waals surface area contributed by atoms with Gasteiger partial charge in [-0.1, -0.05) is 25.1 Å². The fourth-order valence-corrected chi connectivity index (χ4v) is 2.78. The molecule has 6 nitrogen and oxygen atoms in total. The van der Waals surface area contributed by atoms with Gasteiger partial charge in [-0.3, -0.25) is 4.79 Å². The summed E-state index contributed by atoms with van der Waals surface area (Å²) in [5.74, 6) is 1.12. The van der Waals surface area contributed by atoms with E-state index < -0.39 is 0 Å². The van der Waals surface area contributed by atoms with Gasteiger partial charge in [0.05, 0.1) is 25.5 Å². The van der Waals surface area contributed by atoms with Gasteiger partial charge in [-0.2, -0.15) is 5.10 Å². The number of carbonyl (C=O) groups is 1. The first-order valence-electron chi connectivity index (χ1n) is 8.83. The molecule has 0 spiro atoms. The second-order valence-electron chi connectivity index (χ2n) is 5.99. The second kappa shape index (κ2) is 8.40. The molecule has 0 aliphatic carbocycles. The Hall–Kier alpha value is -3.28. The first-order valence-corrected chi connectivity index (χ1v) is 8.83. The van der Waals surface area contributed by atoms with Crippen LogP contribution in [0.2, 0.25) is 0 Å². The highest BCUT2D eigenvalue weighted by atomic mass is 16.5. The Bertz CT molecular complexity index is 920. The molecule has 0 aliphatic rings. The molecule has 6 heteroatoms. The van der Waals surface area contributed by atoms with Crippen molar-refractivity contribution in [3.8, 4) is 28.4 Å². The molecule has 0 fully saturated rings. The van der Waals surface area contributed by atoms with Crippen LogP contribution in [-0.4, -0.2) is 36.5 Å². The van der Waals surface area contributed by atoms with E-state index in [2.05, 4.69) is 10.4 Å². The Morgan fingerprint density at radius 1 is 1.11 bits per heavy atom. The predicted molar refractivity (Wildman–Crippen MR) is 105 cm³/mol. The summed E-state index contributed by atoms with van der Waals surface area (Å²) in [5, 5.41) is 7.61. The van der Waals surface area contributed by atoms with Gasteiger partial charge in [-0.05, 0) is 36.8 Å². The van der Waals surface area contributed by atoms with E-state index in [-0.39, 0.29) is 5.91 Å². The minimum atomic E-state index is -0.168. The molecule has 1 amide bonds. The summed E-state index contributed by atoms with van der Waals surface area (Å²) in [7, 11) is 3.19. The fourth-order valence-electron chi connectivity index (χ4n) is 2.78. The zero-order valence-electron chi connectivity index (χ0n) is 15.7. The Balaban J connectivity index is 2.15. The smallest absolute Gasteiger partial charge is 0.255 e. The van der Waals surface area contributed by atoms with Crippen molar-refractivity contribution in [2.45, 2.75) is 13.3 Å². The minimum Gasteiger partial charge on any atom is -0.497 e. The molecule has 1 aromatic heterocycles. The van der Waals surface area contributed by atoms with Crippen molar-refractivity contribution in [1.29, 1.82) is 0 Å². The number of benzene rings is 2. The molecule has 0 bridgehead atoms. The Morgan fingerprint density at radius 2 is 1.89 bits per heavy atom. The summed E-state index contributed by atoms with van der Waals surface area (Å²) in [6.45, 7) is 2.61. The zero-order chi connectivity index (χ0) is 19.2. The van der Waals surface area contributed by atoms with Crippen LogP contribution in [0.1, 0.15) is 23.7 Å². The van der Waals surface area contributed by atoms with Gasteiger partial charge in [0.15, 0.2) is 0 Å². The van der Waals surface area contributed by atoms with Crippen molar-refractivity contribution in [3.63, 3.8) is 0 Å². The molecule has 2 aromatic carbocycles. The maximum atomic E-state index is 12.8. The van der Waals surface area contributed by atoms with Crippen LogP contribution < -0.4 is 14.8 Å². The third-order valence-corrected chi connectivity index (χ3v) is 4.18. The number of nitrogens with one attached hydrogen (secondary N) is 1. The van der Waals surface area contributed by atoms with Gasteiger partial charge in [0.1, 0.15) is 17.2 Å². The number of para-hydroxylation sites is 1. The number of hydrogen-bond donors (Lipinski definition) is 1. The van der Waals surface area contributed by atoms with E-state index in [9.17, 15) is 4.79 Å². The molecule has 27 heavy (non-hydrogen) atoms. The third kappa shape index (κ3) is 3.95. The lowest BCUT2D eigenvalue weighted by Gasteiger charge is -2.10. The van der Waals surface area contributed by atoms with Gasteiger partial charge in [-0.25, -0.2) is 4.68 Å². The molecule has 0 saturated heterocycles. The zero-order valence-corrected chi connectivity index (χ0v) is 15.7. The van der Waals surface area contributed by atoms with Crippen LogP contribution in [0.4, 0.5) is 0 Å². The Labute approximate surface area is 158 Å². The summed E-state index contributed by atoms with van der Waals surface area (Å²) in [6, 6.07) is 15.1. The number of nitrogens with zero attached hydrogens (tertiary/aromatic N) is 2. The SMILES string of the molecule is CCCNC(=O)c1cn(-c2ccccc2)nc1-c1cc(OC)ccc1OC. The number of amides is 1. The van der Waals surface area contributed by atoms with Crippen LogP contribution in [0.25, 0.3) is 16.9 Å². The standard InChI is InChI=1S/C21H23N3O3/c1-4-12-22-21(25)18-14-24(15-8-6-5-7-9-15)23-20(18)17-13-16(26-2)10-11-19(17)27-3/h5-11,13-14H,4,12H2,1-3H3,(H,22,25). The molecule has 0 saturated carbocycles. The molecule has 0 radical (unpaired) electrons. The Morgan fingerprint density at radius 3 is 2.56 bits per heavy atom. The van der Waals surface area contributed by atoms with Crippen molar-refractivity contribution >= 4 is 5.91 Å². The summed E-state index contributed by atoms with van der Waals surface area (Å²) < 4.78 is 12.5. The van der Waals surface area contributed by atoms with Gasteiger partial charge in [-0.15, -0.1) is 0 Å². The lowest BCUT2D eigenvalue weighted by atomic mass is 10.1. The van der Waals surface area contributed by atoms with Gasteiger partial charge in [0.25, 0.3) is 5.91 Å². The fraction of sp³-hybridized carbons (Fsp3) is 0.238. The molecule has 3 rings (SSSR count). The molecule has 3 aromatic rings. The van der Waals surface area contributed by atoms with E-state index in [0.717, 1.165) is 12.1 Å². The predicted octanol–water partition coefficient (Wildman–Crippen LogP) is 3.70. The minimum absolute atomic E-state index is 0.168. The number of ether oxygens (including phenoxy) is 2. The number of methoxy groups -OCH3 is 2. The normalized spacial score (nSPS) is 10.5. The number of hydrogen-bond acceptors (Lipinski definition) is 4. The quantitative estimate of drug-likeness (QED) is 0.693. The van der Waals surface area contributed by atoms with Gasteiger partial charge < -0.3 is 14.8 Å². The highest BCUT2D eigenvalue weighted by molar-refractivity contribution is 6.00. The maximum Gasteiger partial charge on any atom is 0.255 e. The molecule has 1 N–H and O–H groups in total. The summed E-state index contributed by atoms with van der Waals surface area (Å²) >= 11 is 0. The monoisotopic (exact) mass is 365 g/mol. The first kappa shape index (κ1) is 18.5. The van der Waals surface area contributed by atoms with E-state index in [0.29, 0.717) is 34.9 Å². The third-order valence-electron chi connectivity index (χ3n) is 4.18. The largest absolute Gasteiger partial charge is 0.497 e.